The summed E-state index contributed by atoms with van der Waals surface area (Å²) in [6.45, 7) is 3.93. The summed E-state index contributed by atoms with van der Waals surface area (Å²) in [6, 6.07) is 30.4. The first-order valence-corrected chi connectivity index (χ1v) is 12.3. The minimum atomic E-state index is -4.66. The Balaban J connectivity index is 2.11. The molecule has 168 valence electrons. The molecule has 0 aromatic heterocycles. The first-order chi connectivity index (χ1) is 15.8. The molecule has 2 unspecified atom stereocenters. The van der Waals surface area contributed by atoms with Gasteiger partial charge in [-0.3, -0.25) is 4.55 Å². The minimum Gasteiger partial charge on any atom is -0.506 e. The van der Waals surface area contributed by atoms with Gasteiger partial charge in [0.05, 0.1) is 0 Å². The summed E-state index contributed by atoms with van der Waals surface area (Å²) in [5.74, 6) is -0.939. The third kappa shape index (κ3) is 4.56. The van der Waals surface area contributed by atoms with E-state index in [4.69, 9.17) is 0 Å². The van der Waals surface area contributed by atoms with E-state index in [0.29, 0.717) is 5.56 Å². The van der Waals surface area contributed by atoms with Crippen LogP contribution in [0.1, 0.15) is 47.9 Å². The number of aromatic hydroxyl groups is 1. The third-order valence-electron chi connectivity index (χ3n) is 6.17. The van der Waals surface area contributed by atoms with E-state index in [1.165, 1.54) is 6.07 Å². The van der Waals surface area contributed by atoms with Crippen LogP contribution in [0.4, 0.5) is 0 Å². The maximum atomic E-state index is 12.3. The molecule has 0 saturated carbocycles. The van der Waals surface area contributed by atoms with Crippen molar-refractivity contribution in [1.82, 2.24) is 0 Å². The molecule has 4 aromatic carbocycles. The lowest BCUT2D eigenvalue weighted by Gasteiger charge is -2.26. The average molecular weight is 459 g/mol. The van der Waals surface area contributed by atoms with Gasteiger partial charge in [-0.1, -0.05) is 105 Å². The zero-order chi connectivity index (χ0) is 23.6. The lowest BCUT2D eigenvalue weighted by molar-refractivity contribution is 0.436. The average Bonchev–Trinajstić information content (AvgIpc) is 2.83. The van der Waals surface area contributed by atoms with E-state index in [-0.39, 0.29) is 11.8 Å². The number of hydrogen-bond acceptors (Lipinski definition) is 3. The monoisotopic (exact) mass is 458 g/mol. The Morgan fingerprint density at radius 3 is 1.64 bits per heavy atom. The molecule has 0 heterocycles. The van der Waals surface area contributed by atoms with Gasteiger partial charge >= 0.3 is 0 Å². The van der Waals surface area contributed by atoms with Crippen molar-refractivity contribution in [3.8, 4) is 16.9 Å². The van der Waals surface area contributed by atoms with E-state index in [1.807, 2.05) is 105 Å². The van der Waals surface area contributed by atoms with E-state index in [1.54, 1.807) is 0 Å². The SMILES string of the molecule is CC(c1ccccc1)c1cc(S(=O)(=O)O)c(O)c(C(C)c2ccccc2)c1-c1ccccc1. The highest BCUT2D eigenvalue weighted by molar-refractivity contribution is 7.86. The number of hydrogen-bond donors (Lipinski definition) is 2. The third-order valence-corrected chi connectivity index (χ3v) is 7.04. The second-order valence-electron chi connectivity index (χ2n) is 8.21. The summed E-state index contributed by atoms with van der Waals surface area (Å²) in [5.41, 5.74) is 4.75. The molecule has 33 heavy (non-hydrogen) atoms. The topological polar surface area (TPSA) is 74.6 Å². The quantitative estimate of drug-likeness (QED) is 0.319. The van der Waals surface area contributed by atoms with Gasteiger partial charge in [-0.05, 0) is 33.9 Å². The van der Waals surface area contributed by atoms with Crippen LogP contribution in [0.2, 0.25) is 0 Å². The molecule has 0 fully saturated rings. The van der Waals surface area contributed by atoms with Gasteiger partial charge in [0.15, 0.2) is 0 Å². The van der Waals surface area contributed by atoms with Crippen LogP contribution in [0.5, 0.6) is 5.75 Å². The summed E-state index contributed by atoms with van der Waals surface area (Å²) in [7, 11) is -4.66. The predicted octanol–water partition coefficient (Wildman–Crippen LogP) is 6.61. The molecular weight excluding hydrogens is 432 g/mol. The van der Waals surface area contributed by atoms with E-state index >= 15 is 0 Å². The zero-order valence-electron chi connectivity index (χ0n) is 18.5. The molecule has 0 aliphatic rings. The Morgan fingerprint density at radius 1 is 0.697 bits per heavy atom. The van der Waals surface area contributed by atoms with Crippen LogP contribution in [0.15, 0.2) is 102 Å². The molecule has 2 atom stereocenters. The standard InChI is InChI=1S/C28H26O4S/c1-19(21-12-6-3-7-13-21)24-18-25(33(30,31)32)28(29)26(20(2)22-14-8-4-9-15-22)27(24)23-16-10-5-11-17-23/h3-20,29H,1-2H3,(H,30,31,32). The fourth-order valence-electron chi connectivity index (χ4n) is 4.40. The van der Waals surface area contributed by atoms with Gasteiger partial charge in [0, 0.05) is 17.4 Å². The normalized spacial score (nSPS) is 13.4. The molecule has 4 nitrogen and oxygen atoms in total. The molecule has 0 radical (unpaired) electrons. The molecule has 4 aromatic rings. The fraction of sp³-hybridized carbons (Fsp3) is 0.143. The number of rotatable bonds is 6. The molecule has 0 spiro atoms. The first kappa shape index (κ1) is 22.8. The minimum absolute atomic E-state index is 0.191. The smallest absolute Gasteiger partial charge is 0.298 e. The van der Waals surface area contributed by atoms with Gasteiger partial charge in [0.1, 0.15) is 10.6 Å². The molecule has 0 aliphatic carbocycles. The number of phenolic OH excluding ortho intramolecular Hbond substituents is 1. The van der Waals surface area contributed by atoms with Crippen LogP contribution in [-0.4, -0.2) is 18.1 Å². The molecular formula is C28H26O4S. The van der Waals surface area contributed by atoms with Crippen molar-refractivity contribution in [2.45, 2.75) is 30.6 Å². The van der Waals surface area contributed by atoms with E-state index in [9.17, 15) is 18.1 Å². The van der Waals surface area contributed by atoms with Gasteiger partial charge in [0.25, 0.3) is 10.1 Å². The van der Waals surface area contributed by atoms with E-state index in [2.05, 4.69) is 0 Å². The summed E-state index contributed by atoms with van der Waals surface area (Å²) in [5, 5.41) is 11.2. The highest BCUT2D eigenvalue weighted by atomic mass is 32.2. The molecule has 0 amide bonds. The van der Waals surface area contributed by atoms with Gasteiger partial charge in [-0.2, -0.15) is 8.42 Å². The van der Waals surface area contributed by atoms with Crippen LogP contribution in [0, 0.1) is 0 Å². The maximum Gasteiger partial charge on any atom is 0.298 e. The highest BCUT2D eigenvalue weighted by Crippen LogP contribution is 2.47. The van der Waals surface area contributed by atoms with Crippen LogP contribution in [0.25, 0.3) is 11.1 Å². The van der Waals surface area contributed by atoms with Gasteiger partial charge in [-0.15, -0.1) is 0 Å². The van der Waals surface area contributed by atoms with Gasteiger partial charge < -0.3 is 5.11 Å². The molecule has 5 heteroatoms. The van der Waals surface area contributed by atoms with Crippen LogP contribution >= 0.6 is 0 Å². The molecule has 4 rings (SSSR count). The van der Waals surface area contributed by atoms with Crippen molar-refractivity contribution in [3.05, 3.63) is 119 Å². The van der Waals surface area contributed by atoms with Crippen molar-refractivity contribution >= 4 is 10.1 Å². The van der Waals surface area contributed by atoms with Gasteiger partial charge in [0.2, 0.25) is 0 Å². The highest BCUT2D eigenvalue weighted by Gasteiger charge is 2.30. The Morgan fingerprint density at radius 2 is 1.15 bits per heavy atom. The zero-order valence-corrected chi connectivity index (χ0v) is 19.3. The van der Waals surface area contributed by atoms with E-state index in [0.717, 1.165) is 27.8 Å². The second kappa shape index (κ2) is 9.22. The van der Waals surface area contributed by atoms with Gasteiger partial charge in [-0.25, -0.2) is 0 Å². The van der Waals surface area contributed by atoms with Crippen molar-refractivity contribution < 1.29 is 18.1 Å². The van der Waals surface area contributed by atoms with E-state index < -0.39 is 20.8 Å². The van der Waals surface area contributed by atoms with Crippen molar-refractivity contribution in [1.29, 1.82) is 0 Å². The lowest BCUT2D eigenvalue weighted by Crippen LogP contribution is -2.10. The van der Waals surface area contributed by atoms with Crippen LogP contribution in [-0.2, 0) is 10.1 Å². The summed E-state index contributed by atoms with van der Waals surface area (Å²) >= 11 is 0. The molecule has 0 aliphatic heterocycles. The van der Waals surface area contributed by atoms with Crippen molar-refractivity contribution in [2.75, 3.05) is 0 Å². The number of benzene rings is 4. The fourth-order valence-corrected chi connectivity index (χ4v) is 5.03. The first-order valence-electron chi connectivity index (χ1n) is 10.8. The largest absolute Gasteiger partial charge is 0.506 e. The lowest BCUT2D eigenvalue weighted by atomic mass is 9.79. The van der Waals surface area contributed by atoms with Crippen LogP contribution < -0.4 is 0 Å². The summed E-state index contributed by atoms with van der Waals surface area (Å²) < 4.78 is 34.6. The molecule has 0 saturated heterocycles. The predicted molar refractivity (Wildman–Crippen MR) is 131 cm³/mol. The molecule has 0 bridgehead atoms. The summed E-state index contributed by atoms with van der Waals surface area (Å²) in [4.78, 5) is -0.474. The van der Waals surface area contributed by atoms with Crippen molar-refractivity contribution in [3.63, 3.8) is 0 Å². The van der Waals surface area contributed by atoms with Crippen molar-refractivity contribution in [2.24, 2.45) is 0 Å². The number of phenols is 1. The Bertz CT molecular complexity index is 1350. The van der Waals surface area contributed by atoms with Crippen LogP contribution in [0.3, 0.4) is 0 Å². The molecule has 2 N–H and O–H groups in total. The Labute approximate surface area is 194 Å². The second-order valence-corrected chi connectivity index (χ2v) is 9.60. The summed E-state index contributed by atoms with van der Waals surface area (Å²) in [6.07, 6.45) is 0. The maximum absolute atomic E-state index is 12.3. The Kier molecular flexibility index (Phi) is 6.36. The Hall–Kier alpha value is -3.41.